The van der Waals surface area contributed by atoms with E-state index >= 15 is 0 Å². The molecular weight excluding hydrogens is 143 g/mol. The maximum atomic E-state index is 5.31. The molecule has 0 aliphatic carbocycles. The lowest BCUT2D eigenvalue weighted by molar-refractivity contribution is 0.157. The zero-order chi connectivity index (χ0) is 7.61. The fourth-order valence-electron chi connectivity index (χ4n) is 1.23. The van der Waals surface area contributed by atoms with Gasteiger partial charge in [-0.05, 0) is 17.5 Å². The van der Waals surface area contributed by atoms with E-state index < -0.39 is 0 Å². The Balaban J connectivity index is 2.39. The Bertz CT molecular complexity index is 100. The molecule has 0 aromatic carbocycles. The first kappa shape index (κ1) is 8.49. The Morgan fingerprint density at radius 2 is 1.60 bits per heavy atom. The second-order valence-corrected chi connectivity index (χ2v) is 7.09. The molecule has 1 rings (SSSR count). The molecule has 0 amide bonds. The molecule has 1 nitrogen and oxygen atoms in total. The highest BCUT2D eigenvalue weighted by atomic mass is 31.1. The number of hydrogen-bond acceptors (Lipinski definition) is 1. The molecule has 1 fully saturated rings. The molecule has 1 heterocycles. The third kappa shape index (κ3) is 2.21. The average molecular weight is 160 g/mol. The predicted molar refractivity (Wildman–Crippen MR) is 47.2 cm³/mol. The molecule has 0 aromatic rings. The quantitative estimate of drug-likeness (QED) is 0.494. The first-order valence-corrected chi connectivity index (χ1v) is 5.65. The van der Waals surface area contributed by atoms with Gasteiger partial charge in [0.15, 0.2) is 0 Å². The van der Waals surface area contributed by atoms with Gasteiger partial charge in [-0.25, -0.2) is 0 Å². The summed E-state index contributed by atoms with van der Waals surface area (Å²) in [5, 5.41) is 0.555. The SMILES string of the molecule is CC(C)(C)P1CCOCC1. The minimum atomic E-state index is 0.262. The highest BCUT2D eigenvalue weighted by molar-refractivity contribution is 7.59. The van der Waals surface area contributed by atoms with Crippen LogP contribution >= 0.6 is 7.92 Å². The van der Waals surface area contributed by atoms with Gasteiger partial charge in [-0.15, -0.1) is 0 Å². The van der Waals surface area contributed by atoms with E-state index in [1.165, 1.54) is 12.3 Å². The minimum absolute atomic E-state index is 0.262. The Labute approximate surface area is 64.9 Å². The molecule has 2 heteroatoms. The molecule has 0 atom stereocenters. The highest BCUT2D eigenvalue weighted by Gasteiger charge is 2.25. The zero-order valence-corrected chi connectivity index (χ0v) is 8.08. The van der Waals surface area contributed by atoms with Crippen molar-refractivity contribution in [2.24, 2.45) is 0 Å². The largest absolute Gasteiger partial charge is 0.381 e. The second kappa shape index (κ2) is 3.19. The normalized spacial score (nSPS) is 23.1. The van der Waals surface area contributed by atoms with E-state index in [2.05, 4.69) is 20.8 Å². The van der Waals surface area contributed by atoms with E-state index in [4.69, 9.17) is 4.74 Å². The molecule has 1 saturated heterocycles. The van der Waals surface area contributed by atoms with E-state index in [1.54, 1.807) is 0 Å². The molecule has 0 bridgehead atoms. The highest BCUT2D eigenvalue weighted by Crippen LogP contribution is 2.49. The van der Waals surface area contributed by atoms with Gasteiger partial charge in [0.1, 0.15) is 0 Å². The number of ether oxygens (including phenoxy) is 1. The number of rotatable bonds is 0. The molecule has 0 N–H and O–H groups in total. The summed E-state index contributed by atoms with van der Waals surface area (Å²) in [4.78, 5) is 0. The van der Waals surface area contributed by atoms with Gasteiger partial charge in [0, 0.05) is 0 Å². The van der Waals surface area contributed by atoms with Gasteiger partial charge < -0.3 is 4.74 Å². The lowest BCUT2D eigenvalue weighted by Crippen LogP contribution is -2.23. The van der Waals surface area contributed by atoms with Crippen molar-refractivity contribution in [1.82, 2.24) is 0 Å². The standard InChI is InChI=1S/C8H17OP/c1-8(2,3)10-6-4-9-5-7-10/h4-7H2,1-3H3. The fraction of sp³-hybridized carbons (Fsp3) is 1.00. The molecule has 10 heavy (non-hydrogen) atoms. The summed E-state index contributed by atoms with van der Waals surface area (Å²) in [6, 6.07) is 0. The van der Waals surface area contributed by atoms with E-state index in [9.17, 15) is 0 Å². The second-order valence-electron chi connectivity index (χ2n) is 3.77. The maximum Gasteiger partial charge on any atom is 0.0505 e. The van der Waals surface area contributed by atoms with Crippen LogP contribution in [0.4, 0.5) is 0 Å². The van der Waals surface area contributed by atoms with Crippen molar-refractivity contribution in [3.63, 3.8) is 0 Å². The van der Waals surface area contributed by atoms with Gasteiger partial charge in [0.25, 0.3) is 0 Å². The summed E-state index contributed by atoms with van der Waals surface area (Å²) >= 11 is 0. The lowest BCUT2D eigenvalue weighted by Gasteiger charge is -2.34. The van der Waals surface area contributed by atoms with Crippen LogP contribution in [0.5, 0.6) is 0 Å². The molecular formula is C8H17OP. The molecule has 1 aliphatic heterocycles. The van der Waals surface area contributed by atoms with E-state index in [1.807, 2.05) is 0 Å². The Hall–Kier alpha value is 0.390. The van der Waals surface area contributed by atoms with Gasteiger partial charge in [0.05, 0.1) is 13.2 Å². The van der Waals surface area contributed by atoms with Crippen LogP contribution in [0.25, 0.3) is 0 Å². The van der Waals surface area contributed by atoms with Crippen LogP contribution in [0.1, 0.15) is 20.8 Å². The van der Waals surface area contributed by atoms with Crippen molar-refractivity contribution in [2.45, 2.75) is 25.9 Å². The van der Waals surface area contributed by atoms with Crippen molar-refractivity contribution in [3.05, 3.63) is 0 Å². The van der Waals surface area contributed by atoms with E-state index in [-0.39, 0.29) is 7.92 Å². The van der Waals surface area contributed by atoms with Crippen molar-refractivity contribution in [1.29, 1.82) is 0 Å². The Kier molecular flexibility index (Phi) is 2.71. The molecule has 0 radical (unpaired) electrons. The average Bonchev–Trinajstić information content (AvgIpc) is 1.88. The molecule has 60 valence electrons. The molecule has 0 spiro atoms. The monoisotopic (exact) mass is 160 g/mol. The van der Waals surface area contributed by atoms with Gasteiger partial charge in [-0.1, -0.05) is 28.7 Å². The van der Waals surface area contributed by atoms with Crippen LogP contribution in [0.3, 0.4) is 0 Å². The van der Waals surface area contributed by atoms with E-state index in [0.29, 0.717) is 5.16 Å². The Morgan fingerprint density at radius 3 is 1.90 bits per heavy atom. The first-order valence-electron chi connectivity index (χ1n) is 3.93. The lowest BCUT2D eigenvalue weighted by atomic mass is 10.3. The minimum Gasteiger partial charge on any atom is -0.381 e. The summed E-state index contributed by atoms with van der Waals surface area (Å²) in [6.07, 6.45) is 2.64. The van der Waals surface area contributed by atoms with Gasteiger partial charge in [-0.2, -0.15) is 0 Å². The van der Waals surface area contributed by atoms with Gasteiger partial charge in [0.2, 0.25) is 0 Å². The van der Waals surface area contributed by atoms with Crippen molar-refractivity contribution in [3.8, 4) is 0 Å². The van der Waals surface area contributed by atoms with E-state index in [0.717, 1.165) is 13.2 Å². The maximum absolute atomic E-state index is 5.31. The fourth-order valence-corrected chi connectivity index (χ4v) is 3.50. The summed E-state index contributed by atoms with van der Waals surface area (Å²) in [5.74, 6) is 0. The predicted octanol–water partition coefficient (Wildman–Crippen LogP) is 2.30. The van der Waals surface area contributed by atoms with Crippen LogP contribution in [-0.4, -0.2) is 30.7 Å². The zero-order valence-electron chi connectivity index (χ0n) is 7.18. The molecule has 0 unspecified atom stereocenters. The topological polar surface area (TPSA) is 9.23 Å². The molecule has 0 saturated carbocycles. The van der Waals surface area contributed by atoms with Crippen LogP contribution in [0, 0.1) is 0 Å². The van der Waals surface area contributed by atoms with Crippen LogP contribution in [0.15, 0.2) is 0 Å². The van der Waals surface area contributed by atoms with Gasteiger partial charge in [-0.3, -0.25) is 0 Å². The van der Waals surface area contributed by atoms with Crippen molar-refractivity contribution in [2.75, 3.05) is 25.5 Å². The summed E-state index contributed by atoms with van der Waals surface area (Å²) < 4.78 is 5.31. The third-order valence-electron chi connectivity index (χ3n) is 1.96. The summed E-state index contributed by atoms with van der Waals surface area (Å²) in [6.45, 7) is 9.06. The summed E-state index contributed by atoms with van der Waals surface area (Å²) in [7, 11) is 0.262. The Morgan fingerprint density at radius 1 is 1.10 bits per heavy atom. The van der Waals surface area contributed by atoms with Crippen molar-refractivity contribution < 1.29 is 4.74 Å². The summed E-state index contributed by atoms with van der Waals surface area (Å²) in [5.41, 5.74) is 0. The van der Waals surface area contributed by atoms with Gasteiger partial charge >= 0.3 is 0 Å². The van der Waals surface area contributed by atoms with Crippen molar-refractivity contribution >= 4 is 7.92 Å². The third-order valence-corrected chi connectivity index (χ3v) is 5.30. The smallest absolute Gasteiger partial charge is 0.0505 e. The molecule has 1 aliphatic rings. The van der Waals surface area contributed by atoms with Crippen LogP contribution in [0.2, 0.25) is 0 Å². The first-order chi connectivity index (χ1) is 4.61. The number of hydrogen-bond donors (Lipinski definition) is 0. The van der Waals surface area contributed by atoms with Crippen LogP contribution in [-0.2, 0) is 4.74 Å². The van der Waals surface area contributed by atoms with Crippen LogP contribution < -0.4 is 0 Å². The molecule has 0 aromatic heterocycles.